The van der Waals surface area contributed by atoms with Crippen LogP contribution in [0, 0.1) is 0 Å². The van der Waals surface area contributed by atoms with Crippen molar-refractivity contribution in [3.05, 3.63) is 113 Å². The van der Waals surface area contributed by atoms with Crippen molar-refractivity contribution < 1.29 is 4.79 Å². The van der Waals surface area contributed by atoms with Gasteiger partial charge >= 0.3 is 6.03 Å². The maximum atomic E-state index is 12.3. The van der Waals surface area contributed by atoms with E-state index in [-0.39, 0.29) is 12.1 Å². The number of urea groups is 1. The van der Waals surface area contributed by atoms with Crippen LogP contribution in [-0.2, 0) is 0 Å². The SMILES string of the molecule is O=C1NC(c2ccccc2)=C(N=Cc2ccccc2)C(c2ccccc2)N1. The average molecular weight is 353 g/mol. The summed E-state index contributed by atoms with van der Waals surface area (Å²) in [6, 6.07) is 29.0. The Labute approximate surface area is 158 Å². The molecule has 1 atom stereocenters. The number of aliphatic imine (C=N–C) groups is 1. The summed E-state index contributed by atoms with van der Waals surface area (Å²) in [5.41, 5.74) is 4.41. The molecular weight excluding hydrogens is 334 g/mol. The fourth-order valence-corrected chi connectivity index (χ4v) is 3.09. The molecule has 0 fully saturated rings. The maximum absolute atomic E-state index is 12.3. The molecule has 0 aromatic heterocycles. The number of benzene rings is 3. The van der Waals surface area contributed by atoms with Gasteiger partial charge in [0.15, 0.2) is 0 Å². The first-order valence-electron chi connectivity index (χ1n) is 8.82. The lowest BCUT2D eigenvalue weighted by molar-refractivity contribution is 0.240. The summed E-state index contributed by atoms with van der Waals surface area (Å²) in [6.45, 7) is 0. The third-order valence-corrected chi connectivity index (χ3v) is 4.39. The highest BCUT2D eigenvalue weighted by Gasteiger charge is 2.28. The first kappa shape index (κ1) is 16.8. The van der Waals surface area contributed by atoms with Gasteiger partial charge in [0.05, 0.1) is 11.4 Å². The molecule has 132 valence electrons. The van der Waals surface area contributed by atoms with Crippen molar-refractivity contribution in [2.75, 3.05) is 0 Å². The van der Waals surface area contributed by atoms with Crippen molar-refractivity contribution in [2.24, 2.45) is 4.99 Å². The monoisotopic (exact) mass is 353 g/mol. The van der Waals surface area contributed by atoms with Crippen molar-refractivity contribution in [3.8, 4) is 0 Å². The first-order chi connectivity index (χ1) is 13.3. The van der Waals surface area contributed by atoms with Crippen molar-refractivity contribution in [1.82, 2.24) is 10.6 Å². The molecule has 0 bridgehead atoms. The normalized spacial score (nSPS) is 16.9. The van der Waals surface area contributed by atoms with Gasteiger partial charge in [-0.05, 0) is 11.1 Å². The van der Waals surface area contributed by atoms with Crippen LogP contribution in [-0.4, -0.2) is 12.2 Å². The van der Waals surface area contributed by atoms with E-state index >= 15 is 0 Å². The molecule has 0 spiro atoms. The third-order valence-electron chi connectivity index (χ3n) is 4.39. The van der Waals surface area contributed by atoms with E-state index < -0.39 is 0 Å². The Morgan fingerprint density at radius 1 is 0.778 bits per heavy atom. The summed E-state index contributed by atoms with van der Waals surface area (Å²) in [6.07, 6.45) is 1.83. The highest BCUT2D eigenvalue weighted by atomic mass is 16.2. The number of nitrogens with one attached hydrogen (secondary N) is 2. The first-order valence-corrected chi connectivity index (χ1v) is 8.82. The molecule has 4 nitrogen and oxygen atoms in total. The van der Waals surface area contributed by atoms with Crippen LogP contribution in [0.25, 0.3) is 5.70 Å². The van der Waals surface area contributed by atoms with Gasteiger partial charge in [-0.3, -0.25) is 4.99 Å². The molecule has 0 aliphatic carbocycles. The lowest BCUT2D eigenvalue weighted by Gasteiger charge is -2.28. The number of carbonyl (C=O) groups is 1. The smallest absolute Gasteiger partial charge is 0.320 e. The van der Waals surface area contributed by atoms with Crippen molar-refractivity contribution in [3.63, 3.8) is 0 Å². The second kappa shape index (κ2) is 7.70. The Kier molecular flexibility index (Phi) is 4.79. The Morgan fingerprint density at radius 2 is 1.37 bits per heavy atom. The number of hydrogen-bond acceptors (Lipinski definition) is 2. The molecule has 1 unspecified atom stereocenters. The number of carbonyl (C=O) groups excluding carboxylic acids is 1. The van der Waals surface area contributed by atoms with Crippen LogP contribution >= 0.6 is 0 Å². The van der Waals surface area contributed by atoms with Gasteiger partial charge in [0, 0.05) is 11.8 Å². The Morgan fingerprint density at radius 3 is 2.04 bits per heavy atom. The Balaban J connectivity index is 1.85. The van der Waals surface area contributed by atoms with Crippen LogP contribution in [0.1, 0.15) is 22.7 Å². The van der Waals surface area contributed by atoms with Gasteiger partial charge in [-0.1, -0.05) is 91.0 Å². The summed E-state index contributed by atoms with van der Waals surface area (Å²) in [7, 11) is 0. The summed E-state index contributed by atoms with van der Waals surface area (Å²) in [4.78, 5) is 17.1. The molecule has 1 heterocycles. The molecule has 0 saturated carbocycles. The van der Waals surface area contributed by atoms with Gasteiger partial charge in [0.2, 0.25) is 0 Å². The van der Waals surface area contributed by atoms with E-state index in [2.05, 4.69) is 10.6 Å². The lowest BCUT2D eigenvalue weighted by atomic mass is 9.98. The van der Waals surface area contributed by atoms with Crippen LogP contribution < -0.4 is 10.6 Å². The zero-order valence-electron chi connectivity index (χ0n) is 14.7. The van der Waals surface area contributed by atoms with Crippen LogP contribution in [0.5, 0.6) is 0 Å². The summed E-state index contributed by atoms with van der Waals surface area (Å²) < 4.78 is 0. The highest BCUT2D eigenvalue weighted by Crippen LogP contribution is 2.31. The third kappa shape index (κ3) is 3.80. The quantitative estimate of drug-likeness (QED) is 0.665. The van der Waals surface area contributed by atoms with E-state index in [1.165, 1.54) is 0 Å². The average Bonchev–Trinajstić information content (AvgIpc) is 2.74. The van der Waals surface area contributed by atoms with Crippen molar-refractivity contribution >= 4 is 17.9 Å². The van der Waals surface area contributed by atoms with Gasteiger partial charge < -0.3 is 10.6 Å². The highest BCUT2D eigenvalue weighted by molar-refractivity contribution is 5.91. The van der Waals surface area contributed by atoms with Crippen molar-refractivity contribution in [1.29, 1.82) is 0 Å². The second-order valence-electron chi connectivity index (χ2n) is 6.24. The van der Waals surface area contributed by atoms with Crippen LogP contribution in [0.3, 0.4) is 0 Å². The summed E-state index contributed by atoms with van der Waals surface area (Å²) in [5, 5.41) is 5.93. The predicted octanol–water partition coefficient (Wildman–Crippen LogP) is 4.53. The topological polar surface area (TPSA) is 53.5 Å². The molecule has 2 N–H and O–H groups in total. The maximum Gasteiger partial charge on any atom is 0.320 e. The number of hydrogen-bond donors (Lipinski definition) is 2. The molecule has 4 rings (SSSR count). The minimum absolute atomic E-state index is 0.235. The van der Waals surface area contributed by atoms with Gasteiger partial charge in [-0.25, -0.2) is 4.79 Å². The molecule has 3 aromatic carbocycles. The summed E-state index contributed by atoms with van der Waals surface area (Å²) in [5.74, 6) is 0. The van der Waals surface area contributed by atoms with Gasteiger partial charge in [-0.2, -0.15) is 0 Å². The lowest BCUT2D eigenvalue weighted by Crippen LogP contribution is -2.43. The molecule has 1 aliphatic rings. The zero-order valence-corrected chi connectivity index (χ0v) is 14.7. The molecule has 0 saturated heterocycles. The van der Waals surface area contributed by atoms with Crippen molar-refractivity contribution in [2.45, 2.75) is 6.04 Å². The molecule has 4 heteroatoms. The standard InChI is InChI=1S/C23H19N3O/c27-23-25-20(18-12-6-2-7-13-18)22(24-16-17-10-4-1-5-11-17)21(26-23)19-14-8-3-9-15-19/h1-16,20H,(H2,25,26,27). The van der Waals surface area contributed by atoms with Gasteiger partial charge in [0.1, 0.15) is 6.04 Å². The Bertz CT molecular complexity index is 980. The molecule has 1 aliphatic heterocycles. The van der Waals surface area contributed by atoms with E-state index in [4.69, 9.17) is 4.99 Å². The van der Waals surface area contributed by atoms with E-state index in [0.29, 0.717) is 0 Å². The molecule has 3 aromatic rings. The van der Waals surface area contributed by atoms with E-state index in [1.807, 2.05) is 97.2 Å². The molecule has 0 radical (unpaired) electrons. The van der Waals surface area contributed by atoms with E-state index in [0.717, 1.165) is 28.1 Å². The molecule has 27 heavy (non-hydrogen) atoms. The second-order valence-corrected chi connectivity index (χ2v) is 6.24. The van der Waals surface area contributed by atoms with E-state index in [1.54, 1.807) is 0 Å². The zero-order chi connectivity index (χ0) is 18.5. The number of nitrogens with zero attached hydrogens (tertiary/aromatic N) is 1. The molecular formula is C23H19N3O. The van der Waals surface area contributed by atoms with Gasteiger partial charge in [-0.15, -0.1) is 0 Å². The fraction of sp³-hybridized carbons (Fsp3) is 0.0435. The summed E-state index contributed by atoms with van der Waals surface area (Å²) >= 11 is 0. The predicted molar refractivity (Wildman–Crippen MR) is 108 cm³/mol. The van der Waals surface area contributed by atoms with Crippen LogP contribution in [0.2, 0.25) is 0 Å². The van der Waals surface area contributed by atoms with Crippen LogP contribution in [0.4, 0.5) is 4.79 Å². The number of amides is 2. The minimum Gasteiger partial charge on any atom is -0.325 e. The minimum atomic E-state index is -0.324. The fourth-order valence-electron chi connectivity index (χ4n) is 3.09. The largest absolute Gasteiger partial charge is 0.325 e. The van der Waals surface area contributed by atoms with Crippen LogP contribution in [0.15, 0.2) is 102 Å². The van der Waals surface area contributed by atoms with E-state index in [9.17, 15) is 4.79 Å². The Hall–Kier alpha value is -3.66. The molecule has 2 amide bonds. The van der Waals surface area contributed by atoms with Gasteiger partial charge in [0.25, 0.3) is 0 Å². The number of rotatable bonds is 4.